The molecular weight excluding hydrogens is 757 g/mol. The predicted octanol–water partition coefficient (Wildman–Crippen LogP) is 10.7. The van der Waals surface area contributed by atoms with E-state index in [1.54, 1.807) is 12.2 Å². The first-order valence-corrected chi connectivity index (χ1v) is 22.4. The van der Waals surface area contributed by atoms with Gasteiger partial charge >= 0.3 is 19.8 Å². The lowest BCUT2D eigenvalue weighted by atomic mass is 10.1. The van der Waals surface area contributed by atoms with Gasteiger partial charge in [-0.25, -0.2) is 9.36 Å². The molecule has 0 aliphatic carbocycles. The average Bonchev–Trinajstić information content (AvgIpc) is 3.20. The van der Waals surface area contributed by atoms with Gasteiger partial charge in [-0.05, 0) is 77.0 Å². The molecule has 0 aliphatic heterocycles. The number of allylic oxidation sites excluding steroid dienone is 17. The third-order valence-corrected chi connectivity index (χ3v) is 9.01. The number of aliphatic carboxylic acids is 1. The van der Waals surface area contributed by atoms with E-state index in [2.05, 4.69) is 104 Å². The van der Waals surface area contributed by atoms with Gasteiger partial charge < -0.3 is 25.2 Å². The lowest BCUT2D eigenvalue weighted by molar-refractivity contribution is -0.147. The van der Waals surface area contributed by atoms with Crippen molar-refractivity contribution in [1.82, 2.24) is 5.32 Å². The maximum atomic E-state index is 12.2. The van der Waals surface area contributed by atoms with Crippen molar-refractivity contribution in [2.24, 2.45) is 0 Å². The number of nitrogens with one attached hydrogen (secondary N) is 1. The number of aliphatic hydroxyl groups is 1. The molecule has 0 heterocycles. The Hall–Kier alpha value is -3.86. The van der Waals surface area contributed by atoms with Crippen LogP contribution in [0.3, 0.4) is 0 Å². The second-order valence-corrected chi connectivity index (χ2v) is 14.9. The maximum absolute atomic E-state index is 12.2. The van der Waals surface area contributed by atoms with Gasteiger partial charge in [0.15, 0.2) is 6.04 Å². The third-order valence-electron chi connectivity index (χ3n) is 8.06. The Bertz CT molecular complexity index is 1390. The standard InChI is InChI=1S/C46H72NO10P/c1-3-5-7-9-11-13-15-17-18-19-20-21-22-23-24-26-27-29-31-33-35-37-44(49)47-43(46(51)52)41-57-58(53,54)56-40-42(48)39-55-45(50)38-36-34-32-30-28-25-16-14-12-10-8-6-4-2/h5,7-8,10-11,13-14,16-18,20-21,23-24,27,29,33,35,42-43,48H,3-4,6,9,12,15,19,22,25-26,28,30-32,34,36-41H2,1-2H3,(H,47,49)(H,51,52)(H,53,54)/b7-5-,10-8-,13-11-,16-14-,18-17-,21-20-,24-23-,29-27-,35-33-. The minimum absolute atomic E-state index is 0.0971. The molecule has 58 heavy (non-hydrogen) atoms. The fraction of sp³-hybridized carbons (Fsp3) is 0.543. The van der Waals surface area contributed by atoms with Crippen LogP contribution in [0.4, 0.5) is 0 Å². The number of rotatable bonds is 37. The van der Waals surface area contributed by atoms with E-state index in [4.69, 9.17) is 13.8 Å². The van der Waals surface area contributed by atoms with Crippen LogP contribution in [0.2, 0.25) is 0 Å². The summed E-state index contributed by atoms with van der Waals surface area (Å²) in [6.45, 7) is 2.30. The second-order valence-electron chi connectivity index (χ2n) is 13.5. The summed E-state index contributed by atoms with van der Waals surface area (Å²) in [6.07, 6.45) is 51.5. The topological polar surface area (TPSA) is 169 Å². The van der Waals surface area contributed by atoms with Crippen LogP contribution in [0.25, 0.3) is 0 Å². The zero-order valence-corrected chi connectivity index (χ0v) is 35.9. The van der Waals surface area contributed by atoms with Crippen LogP contribution in [0.15, 0.2) is 109 Å². The van der Waals surface area contributed by atoms with E-state index >= 15 is 0 Å². The summed E-state index contributed by atoms with van der Waals surface area (Å²) in [5, 5.41) is 21.7. The number of aliphatic hydroxyl groups excluding tert-OH is 1. The van der Waals surface area contributed by atoms with Crippen molar-refractivity contribution >= 4 is 25.7 Å². The van der Waals surface area contributed by atoms with Gasteiger partial charge in [-0.15, -0.1) is 0 Å². The number of hydrogen-bond donors (Lipinski definition) is 4. The lowest BCUT2D eigenvalue weighted by Crippen LogP contribution is -2.43. The summed E-state index contributed by atoms with van der Waals surface area (Å²) in [5.74, 6) is -2.58. The van der Waals surface area contributed by atoms with Crippen LogP contribution in [-0.4, -0.2) is 64.9 Å². The van der Waals surface area contributed by atoms with Gasteiger partial charge in [0.1, 0.15) is 12.7 Å². The van der Waals surface area contributed by atoms with Crippen LogP contribution in [0.5, 0.6) is 0 Å². The molecule has 0 bridgehead atoms. The highest BCUT2D eigenvalue weighted by atomic mass is 31.2. The Morgan fingerprint density at radius 3 is 1.55 bits per heavy atom. The van der Waals surface area contributed by atoms with E-state index < -0.39 is 57.6 Å². The molecule has 0 aliphatic rings. The Balaban J connectivity index is 4.11. The molecule has 0 radical (unpaired) electrons. The van der Waals surface area contributed by atoms with Crippen molar-refractivity contribution in [3.8, 4) is 0 Å². The predicted molar refractivity (Wildman–Crippen MR) is 235 cm³/mol. The van der Waals surface area contributed by atoms with Crippen molar-refractivity contribution in [3.63, 3.8) is 0 Å². The highest BCUT2D eigenvalue weighted by molar-refractivity contribution is 7.47. The number of carboxylic acid groups (broad SMARTS) is 1. The molecule has 0 spiro atoms. The molecule has 0 aromatic carbocycles. The van der Waals surface area contributed by atoms with Crippen LogP contribution < -0.4 is 5.32 Å². The average molecular weight is 830 g/mol. The maximum Gasteiger partial charge on any atom is 0.472 e. The Morgan fingerprint density at radius 1 is 0.586 bits per heavy atom. The molecule has 326 valence electrons. The molecule has 3 atom stereocenters. The second kappa shape index (κ2) is 39.9. The number of carbonyl (C=O) groups is 3. The zero-order valence-electron chi connectivity index (χ0n) is 35.0. The van der Waals surface area contributed by atoms with Gasteiger partial charge in [-0.1, -0.05) is 149 Å². The Kier molecular flexibility index (Phi) is 37.3. The van der Waals surface area contributed by atoms with Crippen molar-refractivity contribution in [2.75, 3.05) is 19.8 Å². The number of carbonyl (C=O) groups excluding carboxylic acids is 2. The summed E-state index contributed by atoms with van der Waals surface area (Å²) >= 11 is 0. The molecule has 0 saturated heterocycles. The molecule has 3 unspecified atom stereocenters. The monoisotopic (exact) mass is 829 g/mol. The highest BCUT2D eigenvalue weighted by Gasteiger charge is 2.28. The quantitative estimate of drug-likeness (QED) is 0.0205. The van der Waals surface area contributed by atoms with E-state index in [1.807, 2.05) is 12.2 Å². The number of amides is 1. The van der Waals surface area contributed by atoms with E-state index in [9.17, 15) is 34.1 Å². The van der Waals surface area contributed by atoms with Crippen LogP contribution >= 0.6 is 7.82 Å². The van der Waals surface area contributed by atoms with Crippen molar-refractivity contribution in [3.05, 3.63) is 109 Å². The molecule has 0 aromatic heterocycles. The van der Waals surface area contributed by atoms with Crippen LogP contribution in [-0.2, 0) is 32.7 Å². The fourth-order valence-electron chi connectivity index (χ4n) is 4.84. The first-order valence-electron chi connectivity index (χ1n) is 20.9. The van der Waals surface area contributed by atoms with Crippen LogP contribution in [0, 0.1) is 0 Å². The number of hydrogen-bond acceptors (Lipinski definition) is 8. The smallest absolute Gasteiger partial charge is 0.472 e. The first kappa shape index (κ1) is 54.1. The molecule has 12 heteroatoms. The number of phosphoric acid groups is 1. The Morgan fingerprint density at radius 2 is 1.03 bits per heavy atom. The SMILES string of the molecule is CC/C=C\C/C=C\C/C=C\C/C=C\C/C=C\C/C=C\C/C=C\CC(=O)NC(COP(=O)(O)OCC(O)COC(=O)CCCCCCC/C=C\C/C=C\CCC)C(=O)O. The Labute approximate surface area is 348 Å². The zero-order chi connectivity index (χ0) is 42.8. The molecule has 0 rings (SSSR count). The van der Waals surface area contributed by atoms with Gasteiger partial charge in [0.25, 0.3) is 0 Å². The first-order chi connectivity index (χ1) is 28.1. The van der Waals surface area contributed by atoms with E-state index in [-0.39, 0.29) is 12.8 Å². The van der Waals surface area contributed by atoms with E-state index in [1.165, 1.54) is 0 Å². The summed E-state index contributed by atoms with van der Waals surface area (Å²) < 4.78 is 26.7. The number of esters is 1. The molecule has 4 N–H and O–H groups in total. The van der Waals surface area contributed by atoms with Crippen molar-refractivity contribution in [1.29, 1.82) is 0 Å². The highest BCUT2D eigenvalue weighted by Crippen LogP contribution is 2.43. The fourth-order valence-corrected chi connectivity index (χ4v) is 5.61. The van der Waals surface area contributed by atoms with Gasteiger partial charge in [-0.2, -0.15) is 0 Å². The summed E-state index contributed by atoms with van der Waals surface area (Å²) in [6, 6.07) is -1.61. The van der Waals surface area contributed by atoms with Gasteiger partial charge in [0, 0.05) is 12.8 Å². The van der Waals surface area contributed by atoms with Crippen LogP contribution in [0.1, 0.15) is 129 Å². The molecule has 0 fully saturated rings. The molecule has 0 aromatic rings. The van der Waals surface area contributed by atoms with Gasteiger partial charge in [0.2, 0.25) is 5.91 Å². The normalized spacial score (nSPS) is 14.8. The van der Waals surface area contributed by atoms with Crippen molar-refractivity contribution < 1.29 is 47.8 Å². The molecule has 11 nitrogen and oxygen atoms in total. The van der Waals surface area contributed by atoms with Crippen molar-refractivity contribution in [2.45, 2.75) is 142 Å². The molecular formula is C46H72NO10P. The number of unbranched alkanes of at least 4 members (excludes halogenated alkanes) is 6. The summed E-state index contributed by atoms with van der Waals surface area (Å²) in [4.78, 5) is 45.8. The minimum Gasteiger partial charge on any atom is -0.480 e. The number of carboxylic acids is 1. The third kappa shape index (κ3) is 39.0. The minimum atomic E-state index is -4.79. The number of ether oxygens (including phenoxy) is 1. The van der Waals surface area contributed by atoms with Gasteiger partial charge in [0.05, 0.1) is 13.2 Å². The van der Waals surface area contributed by atoms with Gasteiger partial charge in [-0.3, -0.25) is 18.6 Å². The molecule has 1 amide bonds. The van der Waals surface area contributed by atoms with E-state index in [0.717, 1.165) is 89.9 Å². The molecule has 0 saturated carbocycles. The largest absolute Gasteiger partial charge is 0.480 e. The van der Waals surface area contributed by atoms with E-state index in [0.29, 0.717) is 12.8 Å². The summed E-state index contributed by atoms with van der Waals surface area (Å²) in [5.41, 5.74) is 0. The summed E-state index contributed by atoms with van der Waals surface area (Å²) in [7, 11) is -4.79. The number of phosphoric ester groups is 1. The lowest BCUT2D eigenvalue weighted by Gasteiger charge is -2.18.